The van der Waals surface area contributed by atoms with Gasteiger partial charge in [-0.05, 0) is 25.8 Å². The number of rotatable bonds is 8. The Morgan fingerprint density at radius 2 is 1.96 bits per heavy atom. The summed E-state index contributed by atoms with van der Waals surface area (Å²) in [5.74, 6) is -1.81. The second-order valence-corrected chi connectivity index (χ2v) is 6.70. The molecule has 0 bridgehead atoms. The van der Waals surface area contributed by atoms with Crippen LogP contribution in [-0.4, -0.2) is 51.6 Å². The summed E-state index contributed by atoms with van der Waals surface area (Å²) in [5.41, 5.74) is -2.29. The molecule has 0 radical (unpaired) electrons. The van der Waals surface area contributed by atoms with Crippen LogP contribution in [0, 0.1) is 10.1 Å². The van der Waals surface area contributed by atoms with Crippen LogP contribution in [0.25, 0.3) is 5.70 Å². The maximum Gasteiger partial charge on any atom is 0.339 e. The number of unbranched alkanes of at least 4 members (excludes halogenated alkanes) is 1. The normalized spacial score (nSPS) is 19.7. The van der Waals surface area contributed by atoms with E-state index in [4.69, 9.17) is 4.74 Å². The Kier molecular flexibility index (Phi) is 6.32. The predicted octanol–water partition coefficient (Wildman–Crippen LogP) is 2.00. The van der Waals surface area contributed by atoms with Gasteiger partial charge in [-0.25, -0.2) is 4.79 Å². The minimum Gasteiger partial charge on any atom is -0.462 e. The van der Waals surface area contributed by atoms with Crippen molar-refractivity contribution in [2.75, 3.05) is 13.2 Å². The summed E-state index contributed by atoms with van der Waals surface area (Å²) in [4.78, 5) is 37.3. The van der Waals surface area contributed by atoms with Crippen LogP contribution in [0.2, 0.25) is 0 Å². The number of hydrogen-bond acceptors (Lipinski definition) is 6. The summed E-state index contributed by atoms with van der Waals surface area (Å²) in [7, 11) is 0. The van der Waals surface area contributed by atoms with Crippen molar-refractivity contribution in [3.8, 4) is 0 Å². The quantitative estimate of drug-likeness (QED) is 0.322. The molecule has 1 aliphatic heterocycles. The second kappa shape index (κ2) is 8.30. The van der Waals surface area contributed by atoms with Gasteiger partial charge in [0.15, 0.2) is 0 Å². The van der Waals surface area contributed by atoms with E-state index in [2.05, 4.69) is 0 Å². The molecule has 27 heavy (non-hydrogen) atoms. The highest BCUT2D eigenvalue weighted by molar-refractivity contribution is 6.15. The van der Waals surface area contributed by atoms with Crippen molar-refractivity contribution < 1.29 is 24.4 Å². The number of ether oxygens (including phenoxy) is 1. The zero-order valence-electron chi connectivity index (χ0n) is 15.7. The van der Waals surface area contributed by atoms with Gasteiger partial charge in [-0.1, -0.05) is 43.7 Å². The standard InChI is InChI=1S/C19H24N2O6/c1-4-5-11-27-17(22)15-16(14-9-7-6-8-10-14)21(13(2)3)18(23)19(15,24)12-20(25)26/h6-10,13,24H,4-5,11-12H2,1-3H3/t19-/m1/s1. The molecule has 0 saturated heterocycles. The van der Waals surface area contributed by atoms with Crippen molar-refractivity contribution in [2.24, 2.45) is 0 Å². The van der Waals surface area contributed by atoms with Crippen molar-refractivity contribution >= 4 is 17.6 Å². The second-order valence-electron chi connectivity index (χ2n) is 6.70. The first kappa shape index (κ1) is 20.6. The lowest BCUT2D eigenvalue weighted by molar-refractivity contribution is -0.494. The molecule has 8 heteroatoms. The van der Waals surface area contributed by atoms with Crippen LogP contribution in [0.3, 0.4) is 0 Å². The molecule has 146 valence electrons. The summed E-state index contributed by atoms with van der Waals surface area (Å²) >= 11 is 0. The van der Waals surface area contributed by atoms with Crippen molar-refractivity contribution in [1.82, 2.24) is 4.90 Å². The van der Waals surface area contributed by atoms with E-state index in [0.29, 0.717) is 12.0 Å². The molecule has 1 heterocycles. The molecule has 1 aromatic rings. The molecule has 2 rings (SSSR count). The fraction of sp³-hybridized carbons (Fsp3) is 0.474. The molecule has 8 nitrogen and oxygen atoms in total. The van der Waals surface area contributed by atoms with Gasteiger partial charge in [-0.15, -0.1) is 0 Å². The van der Waals surface area contributed by atoms with Crippen LogP contribution in [0.1, 0.15) is 39.2 Å². The predicted molar refractivity (Wildman–Crippen MR) is 98.0 cm³/mol. The van der Waals surface area contributed by atoms with Crippen molar-refractivity contribution in [2.45, 2.75) is 45.3 Å². The highest BCUT2D eigenvalue weighted by atomic mass is 16.6. The molecule has 1 aliphatic rings. The van der Waals surface area contributed by atoms with E-state index in [1.807, 2.05) is 6.92 Å². The van der Waals surface area contributed by atoms with E-state index in [1.165, 1.54) is 4.90 Å². The third-order valence-corrected chi connectivity index (χ3v) is 4.32. The minimum atomic E-state index is -2.57. The van der Waals surface area contributed by atoms with Crippen molar-refractivity contribution in [3.05, 3.63) is 51.6 Å². The lowest BCUT2D eigenvalue weighted by Gasteiger charge is -2.26. The van der Waals surface area contributed by atoms with Crippen LogP contribution in [0.4, 0.5) is 0 Å². The van der Waals surface area contributed by atoms with Gasteiger partial charge in [-0.2, -0.15) is 0 Å². The van der Waals surface area contributed by atoms with Crippen LogP contribution in [0.5, 0.6) is 0 Å². The zero-order valence-corrected chi connectivity index (χ0v) is 15.7. The number of carbonyl (C=O) groups excluding carboxylic acids is 2. The van der Waals surface area contributed by atoms with Crippen LogP contribution < -0.4 is 0 Å². The number of aliphatic hydroxyl groups is 1. The zero-order chi connectivity index (χ0) is 20.2. The third-order valence-electron chi connectivity index (χ3n) is 4.32. The topological polar surface area (TPSA) is 110 Å². The van der Waals surface area contributed by atoms with Gasteiger partial charge < -0.3 is 14.7 Å². The van der Waals surface area contributed by atoms with Gasteiger partial charge in [0.1, 0.15) is 5.57 Å². The monoisotopic (exact) mass is 376 g/mol. The molecular weight excluding hydrogens is 352 g/mol. The molecule has 1 amide bonds. The first-order valence-corrected chi connectivity index (χ1v) is 8.89. The van der Waals surface area contributed by atoms with Gasteiger partial charge in [0.2, 0.25) is 12.1 Å². The highest BCUT2D eigenvalue weighted by Crippen LogP contribution is 2.41. The first-order chi connectivity index (χ1) is 12.7. The van der Waals surface area contributed by atoms with E-state index in [-0.39, 0.29) is 17.9 Å². The molecule has 0 fully saturated rings. The Bertz CT molecular complexity index is 759. The van der Waals surface area contributed by atoms with Gasteiger partial charge in [-0.3, -0.25) is 14.9 Å². The van der Waals surface area contributed by atoms with E-state index in [1.54, 1.807) is 44.2 Å². The van der Waals surface area contributed by atoms with Crippen LogP contribution in [0.15, 0.2) is 35.9 Å². The number of benzene rings is 1. The van der Waals surface area contributed by atoms with E-state index < -0.39 is 35.0 Å². The number of carbonyl (C=O) groups is 2. The molecule has 1 aromatic carbocycles. The molecule has 0 aliphatic carbocycles. The SMILES string of the molecule is CCCCOC(=O)C1=C(c2ccccc2)N(C(C)C)C(=O)[C@@]1(O)C[N+](=O)[O-]. The molecule has 1 atom stereocenters. The maximum absolute atomic E-state index is 13.0. The Morgan fingerprint density at radius 3 is 2.48 bits per heavy atom. The molecule has 0 spiro atoms. The van der Waals surface area contributed by atoms with Crippen LogP contribution >= 0.6 is 0 Å². The Morgan fingerprint density at radius 1 is 1.33 bits per heavy atom. The molecular formula is C19H24N2O6. The fourth-order valence-electron chi connectivity index (χ4n) is 3.08. The summed E-state index contributed by atoms with van der Waals surface area (Å²) in [6.45, 7) is 4.33. The van der Waals surface area contributed by atoms with E-state index in [9.17, 15) is 24.8 Å². The summed E-state index contributed by atoms with van der Waals surface area (Å²) in [6.07, 6.45) is 1.39. The highest BCUT2D eigenvalue weighted by Gasteiger charge is 2.59. The van der Waals surface area contributed by atoms with E-state index >= 15 is 0 Å². The third kappa shape index (κ3) is 4.00. The first-order valence-electron chi connectivity index (χ1n) is 8.89. The number of hydrogen-bond donors (Lipinski definition) is 1. The fourth-order valence-corrected chi connectivity index (χ4v) is 3.08. The number of esters is 1. The number of nitrogens with zero attached hydrogens (tertiary/aromatic N) is 2. The average Bonchev–Trinajstić information content (AvgIpc) is 2.83. The molecule has 0 unspecified atom stereocenters. The Balaban J connectivity index is 2.67. The lowest BCUT2D eigenvalue weighted by atomic mass is 9.93. The molecule has 0 aromatic heterocycles. The summed E-state index contributed by atoms with van der Waals surface area (Å²) in [5, 5.41) is 22.1. The smallest absolute Gasteiger partial charge is 0.339 e. The maximum atomic E-state index is 13.0. The van der Waals surface area contributed by atoms with Crippen LogP contribution in [-0.2, 0) is 14.3 Å². The Hall–Kier alpha value is -2.74. The Labute approximate surface area is 157 Å². The summed E-state index contributed by atoms with van der Waals surface area (Å²) in [6, 6.07) is 8.13. The van der Waals surface area contributed by atoms with Gasteiger partial charge in [0.25, 0.3) is 5.91 Å². The number of nitro groups is 1. The number of amides is 1. The molecule has 1 N–H and O–H groups in total. The largest absolute Gasteiger partial charge is 0.462 e. The van der Waals surface area contributed by atoms with Gasteiger partial charge in [0.05, 0.1) is 12.3 Å². The van der Waals surface area contributed by atoms with E-state index in [0.717, 1.165) is 6.42 Å². The van der Waals surface area contributed by atoms with Gasteiger partial charge in [0, 0.05) is 11.0 Å². The van der Waals surface area contributed by atoms with Crippen molar-refractivity contribution in [1.29, 1.82) is 0 Å². The van der Waals surface area contributed by atoms with Crippen molar-refractivity contribution in [3.63, 3.8) is 0 Å². The summed E-state index contributed by atoms with van der Waals surface area (Å²) < 4.78 is 5.21. The molecule has 0 saturated carbocycles. The minimum absolute atomic E-state index is 0.102. The average molecular weight is 376 g/mol. The lowest BCUT2D eigenvalue weighted by Crippen LogP contribution is -2.50. The van der Waals surface area contributed by atoms with Gasteiger partial charge >= 0.3 is 5.97 Å².